The average Bonchev–Trinajstić information content (AvgIpc) is 2.94. The highest BCUT2D eigenvalue weighted by molar-refractivity contribution is 7.93. The molecule has 1 aromatic carbocycles. The van der Waals surface area contributed by atoms with Crippen molar-refractivity contribution in [2.45, 2.75) is 124 Å². The van der Waals surface area contributed by atoms with Gasteiger partial charge in [-0.2, -0.15) is 0 Å². The summed E-state index contributed by atoms with van der Waals surface area (Å²) in [6, 6.07) is 4.06. The summed E-state index contributed by atoms with van der Waals surface area (Å²) in [5.74, 6) is -3.56. The third-order valence-electron chi connectivity index (χ3n) is 7.31. The van der Waals surface area contributed by atoms with Gasteiger partial charge in [0.15, 0.2) is 9.84 Å². The summed E-state index contributed by atoms with van der Waals surface area (Å²) in [4.78, 5) is 80.5. The highest BCUT2D eigenvalue weighted by atomic mass is 32.2. The minimum atomic E-state index is -3.60. The van der Waals surface area contributed by atoms with Gasteiger partial charge in [-0.3, -0.25) is 24.0 Å². The van der Waals surface area contributed by atoms with Crippen molar-refractivity contribution < 1.29 is 51.4 Å². The second-order valence-electron chi connectivity index (χ2n) is 15.8. The highest BCUT2D eigenvalue weighted by Crippen LogP contribution is 2.27. The maximum atomic E-state index is 14.0. The smallest absolute Gasteiger partial charge is 0.408 e. The maximum Gasteiger partial charge on any atom is 0.408 e. The van der Waals surface area contributed by atoms with Crippen LogP contribution >= 0.6 is 0 Å². The Kier molecular flexibility index (Phi) is 15.0. The summed E-state index contributed by atoms with van der Waals surface area (Å²) >= 11 is 0. The topological polar surface area (TPSA) is 204 Å². The number of esters is 2. The Balaban J connectivity index is 2.25. The Hall–Kier alpha value is -4.47. The predicted octanol–water partition coefficient (Wildman–Crippen LogP) is 2.92. The molecule has 0 saturated carbocycles. The fourth-order valence-electron chi connectivity index (χ4n) is 4.89. The standard InChI is InChI=1S/C36H54N4O11S/c1-34(2,3)29(39-30(43)25(21-28(42)51-36(7,8)9)38-33(46)49-22-23-14-12-11-13-15-23)32(45)40-18-16-26(40)31(44)37-24(17-19-52(10,47)48)20-27(41)50-35(4,5)6/h11-15,17,19,24-26,29H,16,18,20-22H2,1-10H3,(H,37,44)(H,38,46)(H,39,43)/t24-,25+,26-,29+/m1/s1. The van der Waals surface area contributed by atoms with E-state index < -0.39 is 92.8 Å². The number of ether oxygens (including phenoxy) is 3. The molecule has 2 rings (SSSR count). The summed E-state index contributed by atoms with van der Waals surface area (Å²) in [6.45, 7) is 15.1. The van der Waals surface area contributed by atoms with E-state index in [2.05, 4.69) is 16.0 Å². The van der Waals surface area contributed by atoms with Gasteiger partial charge in [0, 0.05) is 18.2 Å². The van der Waals surface area contributed by atoms with Crippen LogP contribution in [0.15, 0.2) is 41.8 Å². The molecule has 0 aliphatic carbocycles. The largest absolute Gasteiger partial charge is 0.460 e. The second kappa shape index (κ2) is 17.8. The van der Waals surface area contributed by atoms with Crippen molar-refractivity contribution in [1.82, 2.24) is 20.9 Å². The number of alkyl carbamates (subject to hydrolysis) is 1. The Morgan fingerprint density at radius 2 is 1.40 bits per heavy atom. The molecule has 0 aromatic heterocycles. The quantitative estimate of drug-likeness (QED) is 0.186. The van der Waals surface area contributed by atoms with E-state index in [0.717, 1.165) is 11.7 Å². The number of nitrogens with one attached hydrogen (secondary N) is 3. The van der Waals surface area contributed by atoms with Gasteiger partial charge in [0.05, 0.1) is 18.9 Å². The van der Waals surface area contributed by atoms with Gasteiger partial charge in [-0.15, -0.1) is 0 Å². The molecule has 0 spiro atoms. The lowest BCUT2D eigenvalue weighted by molar-refractivity contribution is -0.157. The van der Waals surface area contributed by atoms with Crippen LogP contribution in [0.1, 0.15) is 87.1 Å². The monoisotopic (exact) mass is 750 g/mol. The fraction of sp³-hybridized carbons (Fsp3) is 0.611. The molecule has 1 fully saturated rings. The van der Waals surface area contributed by atoms with Crippen molar-refractivity contribution in [2.75, 3.05) is 12.8 Å². The van der Waals surface area contributed by atoms with E-state index in [1.807, 2.05) is 0 Å². The number of hydrogen-bond acceptors (Lipinski definition) is 11. The van der Waals surface area contributed by atoms with Crippen molar-refractivity contribution in [3.8, 4) is 0 Å². The number of likely N-dealkylation sites (tertiary alicyclic amines) is 1. The number of nitrogens with zero attached hydrogens (tertiary/aromatic N) is 1. The van der Waals surface area contributed by atoms with Crippen LogP contribution in [0.5, 0.6) is 0 Å². The zero-order valence-electron chi connectivity index (χ0n) is 31.7. The molecular formula is C36H54N4O11S. The van der Waals surface area contributed by atoms with E-state index >= 15 is 0 Å². The van der Waals surface area contributed by atoms with Crippen molar-refractivity contribution in [3.05, 3.63) is 47.4 Å². The Morgan fingerprint density at radius 3 is 1.88 bits per heavy atom. The lowest BCUT2D eigenvalue weighted by atomic mass is 9.84. The van der Waals surface area contributed by atoms with E-state index in [1.165, 1.54) is 11.0 Å². The third kappa shape index (κ3) is 15.8. The number of carbonyl (C=O) groups is 6. The molecule has 1 saturated heterocycles. The van der Waals surface area contributed by atoms with Crippen LogP contribution in [-0.2, 0) is 54.6 Å². The van der Waals surface area contributed by atoms with Gasteiger partial charge in [-0.05, 0) is 58.9 Å². The number of hydrogen-bond donors (Lipinski definition) is 3. The average molecular weight is 751 g/mol. The van der Waals surface area contributed by atoms with Gasteiger partial charge in [-0.1, -0.05) is 57.2 Å². The van der Waals surface area contributed by atoms with Crippen LogP contribution in [0.3, 0.4) is 0 Å². The molecule has 0 radical (unpaired) electrons. The molecule has 4 atom stereocenters. The van der Waals surface area contributed by atoms with Crippen molar-refractivity contribution in [2.24, 2.45) is 5.41 Å². The van der Waals surface area contributed by atoms with Crippen LogP contribution in [0.4, 0.5) is 4.79 Å². The molecule has 15 nitrogen and oxygen atoms in total. The van der Waals surface area contributed by atoms with Crippen LogP contribution in [0.25, 0.3) is 0 Å². The molecule has 1 aliphatic heterocycles. The lowest BCUT2D eigenvalue weighted by Gasteiger charge is -2.44. The van der Waals surface area contributed by atoms with Crippen LogP contribution in [0.2, 0.25) is 0 Å². The summed E-state index contributed by atoms with van der Waals surface area (Å²) in [5, 5.41) is 8.57. The Bertz CT molecular complexity index is 1590. The van der Waals surface area contributed by atoms with Gasteiger partial charge in [0.1, 0.15) is 35.9 Å². The Morgan fingerprint density at radius 1 is 0.846 bits per heavy atom. The van der Waals surface area contributed by atoms with E-state index in [-0.39, 0.29) is 26.0 Å². The first-order valence-corrected chi connectivity index (χ1v) is 18.9. The Labute approximate surface area is 306 Å². The van der Waals surface area contributed by atoms with Gasteiger partial charge < -0.3 is 35.1 Å². The molecule has 16 heteroatoms. The zero-order chi connectivity index (χ0) is 39.7. The summed E-state index contributed by atoms with van der Waals surface area (Å²) in [7, 11) is -3.60. The van der Waals surface area contributed by atoms with Crippen molar-refractivity contribution in [1.29, 1.82) is 0 Å². The summed E-state index contributed by atoms with van der Waals surface area (Å²) < 4.78 is 39.6. The molecule has 290 valence electrons. The highest BCUT2D eigenvalue weighted by Gasteiger charge is 2.45. The zero-order valence-corrected chi connectivity index (χ0v) is 32.5. The van der Waals surface area contributed by atoms with E-state index in [0.29, 0.717) is 5.56 Å². The number of rotatable bonds is 14. The summed E-state index contributed by atoms with van der Waals surface area (Å²) in [5.41, 5.74) is -1.92. The predicted molar refractivity (Wildman–Crippen MR) is 192 cm³/mol. The van der Waals surface area contributed by atoms with Gasteiger partial charge >= 0.3 is 18.0 Å². The van der Waals surface area contributed by atoms with Crippen molar-refractivity contribution in [3.63, 3.8) is 0 Å². The van der Waals surface area contributed by atoms with Crippen LogP contribution < -0.4 is 16.0 Å². The fourth-order valence-corrected chi connectivity index (χ4v) is 5.37. The molecule has 1 aliphatic rings. The van der Waals surface area contributed by atoms with E-state index in [1.54, 1.807) is 92.6 Å². The first-order chi connectivity index (χ1) is 23.7. The van der Waals surface area contributed by atoms with Crippen LogP contribution in [0, 0.1) is 5.41 Å². The van der Waals surface area contributed by atoms with Crippen LogP contribution in [-0.4, -0.2) is 97.2 Å². The number of benzene rings is 1. The van der Waals surface area contributed by atoms with Gasteiger partial charge in [0.2, 0.25) is 17.7 Å². The number of carbonyl (C=O) groups excluding carboxylic acids is 6. The third-order valence-corrected chi connectivity index (χ3v) is 7.96. The minimum absolute atomic E-state index is 0.0996. The van der Waals surface area contributed by atoms with Gasteiger partial charge in [0.25, 0.3) is 0 Å². The second-order valence-corrected chi connectivity index (χ2v) is 17.7. The van der Waals surface area contributed by atoms with Crippen molar-refractivity contribution >= 4 is 45.6 Å². The first kappa shape index (κ1) is 43.7. The normalized spacial score (nSPS) is 16.8. The first-order valence-electron chi connectivity index (χ1n) is 16.9. The van der Waals surface area contributed by atoms with Gasteiger partial charge in [-0.25, -0.2) is 13.2 Å². The molecule has 0 bridgehead atoms. The van der Waals surface area contributed by atoms with E-state index in [9.17, 15) is 37.2 Å². The number of sulfone groups is 1. The molecule has 4 amide bonds. The minimum Gasteiger partial charge on any atom is -0.460 e. The molecule has 0 unspecified atom stereocenters. The molecule has 1 heterocycles. The molecule has 1 aromatic rings. The molecular weight excluding hydrogens is 696 g/mol. The van der Waals surface area contributed by atoms with E-state index in [4.69, 9.17) is 14.2 Å². The molecule has 3 N–H and O–H groups in total. The summed E-state index contributed by atoms with van der Waals surface area (Å²) in [6.07, 6.45) is 0.483. The maximum absolute atomic E-state index is 14.0. The SMILES string of the molecule is CC(C)(C)OC(=O)C[C@@H](C=CS(C)(=O)=O)NC(=O)[C@H]1CCN1C(=O)[C@H](NC(=O)[C@H](CC(=O)OC(C)(C)C)NC(=O)OCc1ccccc1)C(C)(C)C. The number of amides is 4. The molecule has 52 heavy (non-hydrogen) atoms. The lowest BCUT2D eigenvalue weighted by Crippen LogP contribution is -2.66.